The summed E-state index contributed by atoms with van der Waals surface area (Å²) in [7, 11) is 0. The summed E-state index contributed by atoms with van der Waals surface area (Å²) in [4.78, 5) is 10.5. The number of halogens is 1. The second-order valence-corrected chi connectivity index (χ2v) is 5.18. The number of aliphatic hydroxyl groups excluding tert-OH is 1. The minimum absolute atomic E-state index is 0.0391. The Bertz CT molecular complexity index is 451. The molecule has 18 heavy (non-hydrogen) atoms. The van der Waals surface area contributed by atoms with Crippen molar-refractivity contribution in [2.75, 3.05) is 6.54 Å². The van der Waals surface area contributed by atoms with Crippen LogP contribution in [0.4, 0.5) is 5.69 Å². The van der Waals surface area contributed by atoms with Crippen molar-refractivity contribution in [1.82, 2.24) is 0 Å². The normalized spacial score (nSPS) is 16.1. The monoisotopic (exact) mass is 272 g/mol. The number of benzene rings is 1. The highest BCUT2D eigenvalue weighted by molar-refractivity contribution is 6.30. The molecule has 0 aliphatic heterocycles. The summed E-state index contributed by atoms with van der Waals surface area (Å²) >= 11 is 5.75. The molecule has 1 rings (SSSR count). The van der Waals surface area contributed by atoms with Gasteiger partial charge in [-0.25, -0.2) is 0 Å². The third kappa shape index (κ3) is 3.19. The quantitative estimate of drug-likeness (QED) is 0.635. The molecule has 0 saturated carbocycles. The molecular weight excluding hydrogens is 256 g/mol. The molecule has 0 aliphatic rings. The van der Waals surface area contributed by atoms with Crippen molar-refractivity contribution in [1.29, 1.82) is 0 Å². The summed E-state index contributed by atoms with van der Waals surface area (Å²) in [5.74, 6) is 0. The van der Waals surface area contributed by atoms with Gasteiger partial charge in [0.25, 0.3) is 5.69 Å². The molecule has 2 atom stereocenters. The van der Waals surface area contributed by atoms with E-state index in [0.717, 1.165) is 0 Å². The van der Waals surface area contributed by atoms with Gasteiger partial charge >= 0.3 is 0 Å². The Morgan fingerprint density at radius 3 is 2.67 bits per heavy atom. The molecular formula is C12H17ClN2O3. The van der Waals surface area contributed by atoms with Gasteiger partial charge in [0.15, 0.2) is 0 Å². The van der Waals surface area contributed by atoms with E-state index in [1.54, 1.807) is 26.0 Å². The molecule has 0 spiro atoms. The zero-order chi connectivity index (χ0) is 13.9. The van der Waals surface area contributed by atoms with E-state index in [2.05, 4.69) is 0 Å². The van der Waals surface area contributed by atoms with Gasteiger partial charge in [-0.05, 0) is 19.4 Å². The summed E-state index contributed by atoms with van der Waals surface area (Å²) in [6.07, 6.45) is -0.327. The van der Waals surface area contributed by atoms with Crippen molar-refractivity contribution in [2.24, 2.45) is 11.1 Å². The van der Waals surface area contributed by atoms with Gasteiger partial charge in [0.2, 0.25) is 0 Å². The summed E-state index contributed by atoms with van der Waals surface area (Å²) in [6, 6.07) is 4.52. The minimum atomic E-state index is -0.655. The van der Waals surface area contributed by atoms with Crippen molar-refractivity contribution >= 4 is 17.3 Å². The van der Waals surface area contributed by atoms with Gasteiger partial charge in [0, 0.05) is 28.6 Å². The largest absolute Gasteiger partial charge is 0.393 e. The number of nitro groups is 1. The maximum absolute atomic E-state index is 11.0. The summed E-state index contributed by atoms with van der Waals surface area (Å²) in [5.41, 5.74) is 5.54. The fraction of sp³-hybridized carbons (Fsp3) is 0.500. The maximum atomic E-state index is 11.0. The van der Waals surface area contributed by atoms with Crippen molar-refractivity contribution in [3.63, 3.8) is 0 Å². The van der Waals surface area contributed by atoms with Gasteiger partial charge in [0.1, 0.15) is 0 Å². The van der Waals surface area contributed by atoms with E-state index >= 15 is 0 Å². The van der Waals surface area contributed by atoms with Gasteiger partial charge in [0.05, 0.1) is 11.0 Å². The van der Waals surface area contributed by atoms with Crippen LogP contribution in [0.2, 0.25) is 5.02 Å². The molecule has 0 heterocycles. The Kier molecular flexibility index (Phi) is 4.67. The van der Waals surface area contributed by atoms with Crippen LogP contribution in [0.25, 0.3) is 0 Å². The molecule has 5 nitrogen and oxygen atoms in total. The van der Waals surface area contributed by atoms with Crippen LogP contribution in [-0.4, -0.2) is 22.7 Å². The zero-order valence-electron chi connectivity index (χ0n) is 10.4. The molecule has 0 radical (unpaired) electrons. The van der Waals surface area contributed by atoms with Crippen LogP contribution in [0.5, 0.6) is 0 Å². The molecule has 1 aromatic carbocycles. The van der Waals surface area contributed by atoms with Crippen LogP contribution in [0, 0.1) is 15.5 Å². The predicted octanol–water partition coefficient (Wildman–Crippen LogP) is 2.14. The zero-order valence-corrected chi connectivity index (χ0v) is 11.1. The number of rotatable bonds is 5. The smallest absolute Gasteiger partial charge is 0.274 e. The first-order chi connectivity index (χ1) is 8.30. The SMILES string of the molecule is CC(O)C(C)(CN)Cc1ccc(Cl)cc1[N+](=O)[O-]. The Morgan fingerprint density at radius 1 is 1.61 bits per heavy atom. The molecule has 0 aliphatic carbocycles. The van der Waals surface area contributed by atoms with Crippen LogP contribution in [0.1, 0.15) is 19.4 Å². The molecule has 0 aromatic heterocycles. The summed E-state index contributed by atoms with van der Waals surface area (Å²) in [6.45, 7) is 3.68. The van der Waals surface area contributed by atoms with E-state index in [0.29, 0.717) is 17.0 Å². The highest BCUT2D eigenvalue weighted by Gasteiger charge is 2.31. The van der Waals surface area contributed by atoms with Gasteiger partial charge in [-0.15, -0.1) is 0 Å². The van der Waals surface area contributed by atoms with E-state index in [1.165, 1.54) is 6.07 Å². The van der Waals surface area contributed by atoms with E-state index in [1.807, 2.05) is 0 Å². The number of nitro benzene ring substituents is 1. The number of aliphatic hydroxyl groups is 1. The fourth-order valence-electron chi connectivity index (χ4n) is 1.68. The van der Waals surface area contributed by atoms with Crippen LogP contribution < -0.4 is 5.73 Å². The Labute approximate surface area is 111 Å². The minimum Gasteiger partial charge on any atom is -0.393 e. The molecule has 1 aromatic rings. The van der Waals surface area contributed by atoms with Gasteiger partial charge in [-0.2, -0.15) is 0 Å². The standard InChI is InChI=1S/C12H17ClN2O3/c1-8(16)12(2,7-14)6-9-3-4-10(13)5-11(9)15(17)18/h3-5,8,16H,6-7,14H2,1-2H3. The van der Waals surface area contributed by atoms with E-state index in [-0.39, 0.29) is 12.2 Å². The van der Waals surface area contributed by atoms with Crippen molar-refractivity contribution in [2.45, 2.75) is 26.4 Å². The molecule has 0 amide bonds. The number of nitrogens with two attached hydrogens (primary N) is 1. The molecule has 0 fully saturated rings. The third-order valence-corrected chi connectivity index (χ3v) is 3.55. The van der Waals surface area contributed by atoms with Gasteiger partial charge < -0.3 is 10.8 Å². The second-order valence-electron chi connectivity index (χ2n) is 4.74. The second kappa shape index (κ2) is 5.65. The van der Waals surface area contributed by atoms with E-state index in [4.69, 9.17) is 17.3 Å². The average molecular weight is 273 g/mol. The van der Waals surface area contributed by atoms with E-state index in [9.17, 15) is 15.2 Å². The number of hydrogen-bond acceptors (Lipinski definition) is 4. The number of nitrogens with zero attached hydrogens (tertiary/aromatic N) is 1. The fourth-order valence-corrected chi connectivity index (χ4v) is 1.85. The lowest BCUT2D eigenvalue weighted by Gasteiger charge is -2.31. The maximum Gasteiger partial charge on any atom is 0.274 e. The van der Waals surface area contributed by atoms with Crippen molar-refractivity contribution in [3.05, 3.63) is 38.9 Å². The predicted molar refractivity (Wildman–Crippen MR) is 70.7 cm³/mol. The van der Waals surface area contributed by atoms with Gasteiger partial charge in [-0.1, -0.05) is 24.6 Å². The lowest BCUT2D eigenvalue weighted by atomic mass is 9.79. The topological polar surface area (TPSA) is 89.4 Å². The Morgan fingerprint density at radius 2 is 2.22 bits per heavy atom. The van der Waals surface area contributed by atoms with Crippen LogP contribution in [0.15, 0.2) is 18.2 Å². The first kappa shape index (κ1) is 14.9. The van der Waals surface area contributed by atoms with Crippen LogP contribution in [-0.2, 0) is 6.42 Å². The summed E-state index contributed by atoms with van der Waals surface area (Å²) in [5, 5.41) is 21.0. The Balaban J connectivity index is 3.14. The summed E-state index contributed by atoms with van der Waals surface area (Å²) < 4.78 is 0. The van der Waals surface area contributed by atoms with Crippen molar-refractivity contribution < 1.29 is 10.0 Å². The highest BCUT2D eigenvalue weighted by atomic mass is 35.5. The van der Waals surface area contributed by atoms with Gasteiger partial charge in [-0.3, -0.25) is 10.1 Å². The average Bonchev–Trinajstić information content (AvgIpc) is 2.30. The van der Waals surface area contributed by atoms with Crippen LogP contribution in [0.3, 0.4) is 0 Å². The molecule has 0 bridgehead atoms. The number of hydrogen-bond donors (Lipinski definition) is 2. The lowest BCUT2D eigenvalue weighted by Crippen LogP contribution is -2.39. The molecule has 0 saturated heterocycles. The Hall–Kier alpha value is -1.17. The highest BCUT2D eigenvalue weighted by Crippen LogP contribution is 2.31. The third-order valence-electron chi connectivity index (χ3n) is 3.31. The van der Waals surface area contributed by atoms with Crippen LogP contribution >= 0.6 is 11.6 Å². The first-order valence-corrected chi connectivity index (χ1v) is 5.99. The molecule has 6 heteroatoms. The van der Waals surface area contributed by atoms with E-state index < -0.39 is 16.4 Å². The van der Waals surface area contributed by atoms with Crippen molar-refractivity contribution in [3.8, 4) is 0 Å². The lowest BCUT2D eigenvalue weighted by molar-refractivity contribution is -0.385. The molecule has 3 N–H and O–H groups in total. The first-order valence-electron chi connectivity index (χ1n) is 5.61. The molecule has 100 valence electrons. The molecule has 2 unspecified atom stereocenters.